The highest BCUT2D eigenvalue weighted by Crippen LogP contribution is 2.51. The van der Waals surface area contributed by atoms with Crippen LogP contribution in [0.3, 0.4) is 0 Å². The van der Waals surface area contributed by atoms with E-state index in [1.165, 1.54) is 24.3 Å². The average Bonchev–Trinajstić information content (AvgIpc) is 3.25. The van der Waals surface area contributed by atoms with E-state index in [1.54, 1.807) is 0 Å². The van der Waals surface area contributed by atoms with Gasteiger partial charge in [-0.1, -0.05) is 5.16 Å². The average molecular weight is 441 g/mol. The lowest BCUT2D eigenvalue weighted by molar-refractivity contribution is -0.215. The zero-order valence-corrected chi connectivity index (χ0v) is 16.5. The van der Waals surface area contributed by atoms with Crippen LogP contribution in [0.5, 0.6) is 0 Å². The van der Waals surface area contributed by atoms with E-state index in [4.69, 9.17) is 10.5 Å². The maximum absolute atomic E-state index is 12.8. The smallest absolute Gasteiger partial charge is 0.370 e. The number of aliphatic carboxylic acids is 1. The molecule has 0 saturated carbocycles. The van der Waals surface area contributed by atoms with E-state index in [9.17, 15) is 24.3 Å². The number of hydrogen-bond donors (Lipinski definition) is 3. The highest BCUT2D eigenvalue weighted by Gasteiger charge is 2.71. The Morgan fingerprint density at radius 2 is 2.28 bits per heavy atom. The number of carboxylic acids is 1. The van der Waals surface area contributed by atoms with Crippen LogP contribution in [0.2, 0.25) is 0 Å². The first-order chi connectivity index (χ1) is 13.8. The topological polar surface area (TPSA) is 174 Å². The van der Waals surface area contributed by atoms with Crippen molar-refractivity contribution in [3.8, 4) is 0 Å². The van der Waals surface area contributed by atoms with Gasteiger partial charge in [-0.15, -0.1) is 23.1 Å². The summed E-state index contributed by atoms with van der Waals surface area (Å²) in [4.78, 5) is 58.8. The molecule has 2 amide bonds. The molecule has 0 aliphatic carbocycles. The van der Waals surface area contributed by atoms with Gasteiger partial charge >= 0.3 is 11.9 Å². The Morgan fingerprint density at radius 1 is 1.52 bits per heavy atom. The minimum atomic E-state index is -2.03. The maximum atomic E-state index is 12.8. The first-order valence-electron chi connectivity index (χ1n) is 8.33. The second-order valence-corrected chi connectivity index (χ2v) is 8.49. The summed E-state index contributed by atoms with van der Waals surface area (Å²) in [6.07, 6.45) is -0.0806. The number of anilines is 1. The van der Waals surface area contributed by atoms with Crippen molar-refractivity contribution in [2.75, 3.05) is 18.6 Å². The van der Waals surface area contributed by atoms with Gasteiger partial charge in [0.1, 0.15) is 24.2 Å². The molecule has 4 rings (SSSR count). The third-order valence-corrected chi connectivity index (χ3v) is 6.95. The fourth-order valence-corrected chi connectivity index (χ4v) is 5.72. The Bertz CT molecular complexity index is 949. The number of aromatic nitrogens is 1. The number of carboxylic acid groups (broad SMARTS) is 1. The number of carbonyl (C=O) groups is 4. The number of amides is 2. The van der Waals surface area contributed by atoms with Crippen LogP contribution in [-0.2, 0) is 28.8 Å². The van der Waals surface area contributed by atoms with Crippen molar-refractivity contribution in [3.05, 3.63) is 11.1 Å². The predicted molar refractivity (Wildman–Crippen MR) is 99.7 cm³/mol. The van der Waals surface area contributed by atoms with Crippen molar-refractivity contribution < 1.29 is 33.9 Å². The lowest BCUT2D eigenvalue weighted by Gasteiger charge is -2.56. The van der Waals surface area contributed by atoms with Crippen molar-refractivity contribution >= 4 is 57.7 Å². The molecule has 0 bridgehead atoms. The van der Waals surface area contributed by atoms with Crippen LogP contribution in [0, 0.1) is 5.92 Å². The summed E-state index contributed by atoms with van der Waals surface area (Å²) in [6, 6.07) is -1.01. The Morgan fingerprint density at radius 3 is 2.90 bits per heavy atom. The fraction of sp³-hybridized carbons (Fsp3) is 0.467. The molecule has 0 unspecified atom stereocenters. The summed E-state index contributed by atoms with van der Waals surface area (Å²) in [7, 11) is 1.25. The lowest BCUT2D eigenvalue weighted by atomic mass is 9.89. The lowest BCUT2D eigenvalue weighted by Crippen LogP contribution is -2.80. The van der Waals surface area contributed by atoms with E-state index < -0.39 is 46.8 Å². The van der Waals surface area contributed by atoms with E-state index in [2.05, 4.69) is 20.3 Å². The molecule has 4 atom stereocenters. The number of esters is 1. The van der Waals surface area contributed by atoms with E-state index in [0.717, 1.165) is 16.2 Å². The van der Waals surface area contributed by atoms with Gasteiger partial charge in [0.25, 0.3) is 17.5 Å². The normalized spacial score (nSPS) is 30.7. The second kappa shape index (κ2) is 6.88. The number of nitrogen functional groups attached to an aromatic ring is 1. The first kappa shape index (κ1) is 19.4. The second-order valence-electron chi connectivity index (χ2n) is 6.45. The molecule has 0 aromatic carbocycles. The molecule has 3 saturated heterocycles. The van der Waals surface area contributed by atoms with Crippen LogP contribution in [0.4, 0.5) is 5.13 Å². The van der Waals surface area contributed by atoms with Gasteiger partial charge in [-0.05, 0) is 0 Å². The van der Waals surface area contributed by atoms with Crippen LogP contribution in [0.25, 0.3) is 0 Å². The highest BCUT2D eigenvalue weighted by atomic mass is 32.2. The number of nitrogens with two attached hydrogens (primary N) is 1. The Labute approximate surface area is 171 Å². The zero-order chi connectivity index (χ0) is 20.9. The Balaban J connectivity index is 1.56. The molecule has 29 heavy (non-hydrogen) atoms. The van der Waals surface area contributed by atoms with Gasteiger partial charge in [0, 0.05) is 17.1 Å². The molecular weight excluding hydrogens is 426 g/mol. The molecule has 0 radical (unpaired) electrons. The number of thiazole rings is 1. The third-order valence-electron chi connectivity index (χ3n) is 4.86. The number of β-lactam (4-membered cyclic amide) rings is 1. The van der Waals surface area contributed by atoms with Crippen LogP contribution in [0.1, 0.15) is 12.1 Å². The molecule has 3 aliphatic rings. The van der Waals surface area contributed by atoms with Crippen molar-refractivity contribution in [1.29, 1.82) is 0 Å². The molecule has 154 valence electrons. The molecule has 12 nitrogen and oxygen atoms in total. The number of thioether (sulfide) groups is 1. The molecule has 0 spiro atoms. The van der Waals surface area contributed by atoms with Crippen LogP contribution < -0.4 is 11.1 Å². The Hall–Kier alpha value is -2.87. The van der Waals surface area contributed by atoms with Gasteiger partial charge in [-0.25, -0.2) is 9.78 Å². The largest absolute Gasteiger partial charge is 0.477 e. The van der Waals surface area contributed by atoms with E-state index in [1.807, 2.05) is 0 Å². The van der Waals surface area contributed by atoms with Crippen molar-refractivity contribution in [2.24, 2.45) is 11.1 Å². The van der Waals surface area contributed by atoms with Crippen molar-refractivity contribution in [3.63, 3.8) is 0 Å². The van der Waals surface area contributed by atoms with E-state index >= 15 is 0 Å². The van der Waals surface area contributed by atoms with Gasteiger partial charge in [-0.2, -0.15) is 0 Å². The SMILES string of the molecule is CON=C(C(=O)N[C@@H]1C(=O)N2[C@@H]1SC[C@H]1CC(=O)O[C@]12C(=O)O)c1csc(N)n1. The number of nitrogens with one attached hydrogen (secondary N) is 1. The molecule has 3 fully saturated rings. The van der Waals surface area contributed by atoms with Crippen LogP contribution in [0.15, 0.2) is 10.5 Å². The minimum Gasteiger partial charge on any atom is -0.477 e. The number of oxime groups is 1. The third kappa shape index (κ3) is 2.81. The summed E-state index contributed by atoms with van der Waals surface area (Å²) < 4.78 is 5.10. The molecule has 4 N–H and O–H groups in total. The van der Waals surface area contributed by atoms with Gasteiger partial charge in [0.05, 0.1) is 6.42 Å². The summed E-state index contributed by atoms with van der Waals surface area (Å²) in [6.45, 7) is 0. The van der Waals surface area contributed by atoms with Gasteiger partial charge in [-0.3, -0.25) is 19.3 Å². The summed E-state index contributed by atoms with van der Waals surface area (Å²) in [5.41, 5.74) is 3.56. The predicted octanol–water partition coefficient (Wildman–Crippen LogP) is -1.18. The quantitative estimate of drug-likeness (QED) is 0.218. The first-order valence-corrected chi connectivity index (χ1v) is 10.3. The summed E-state index contributed by atoms with van der Waals surface area (Å²) >= 11 is 2.38. The van der Waals surface area contributed by atoms with Crippen molar-refractivity contribution in [1.82, 2.24) is 15.2 Å². The van der Waals surface area contributed by atoms with Gasteiger partial charge in [0.15, 0.2) is 10.8 Å². The Kier molecular flexibility index (Phi) is 4.61. The summed E-state index contributed by atoms with van der Waals surface area (Å²) in [5.74, 6) is -3.83. The molecule has 1 aromatic rings. The molecule has 1 aromatic heterocycles. The number of ether oxygens (including phenoxy) is 1. The van der Waals surface area contributed by atoms with E-state index in [0.29, 0.717) is 5.75 Å². The zero-order valence-electron chi connectivity index (χ0n) is 14.9. The minimum absolute atomic E-state index is 0.0806. The maximum Gasteiger partial charge on any atom is 0.370 e. The highest BCUT2D eigenvalue weighted by molar-refractivity contribution is 8.00. The molecule has 14 heteroatoms. The van der Waals surface area contributed by atoms with Crippen LogP contribution >= 0.6 is 23.1 Å². The monoisotopic (exact) mass is 441 g/mol. The standard InChI is InChI=1S/C15H15N5O7S2/c1-26-19-8(6-4-29-14(16)17-6)10(22)18-9-11(23)20-12(9)28-3-5-2-7(21)27-15(5,20)13(24)25/h4-5,9,12H,2-3H2,1H3,(H2,16,17)(H,18,22)(H,24,25)/t5-,9-,12-,15+/m1/s1. The fourth-order valence-electron chi connectivity index (χ4n) is 3.61. The van der Waals surface area contributed by atoms with Crippen LogP contribution in [-0.4, -0.2) is 74.5 Å². The number of hydrogen-bond acceptors (Lipinski definition) is 11. The van der Waals surface area contributed by atoms with Gasteiger partial charge in [0.2, 0.25) is 0 Å². The number of carbonyl (C=O) groups excluding carboxylic acids is 3. The number of nitrogens with zero attached hydrogens (tertiary/aromatic N) is 3. The van der Waals surface area contributed by atoms with Gasteiger partial charge < -0.3 is 25.7 Å². The number of rotatable bonds is 5. The summed E-state index contributed by atoms with van der Waals surface area (Å²) in [5, 5.41) is 16.9. The van der Waals surface area contributed by atoms with E-state index in [-0.39, 0.29) is 23.0 Å². The molecular formula is C15H15N5O7S2. The molecule has 3 aliphatic heterocycles. The van der Waals surface area contributed by atoms with Crippen molar-refractivity contribution in [2.45, 2.75) is 23.6 Å². The number of fused-ring (bicyclic) bond motifs is 3. The molecule has 4 heterocycles.